The lowest BCUT2D eigenvalue weighted by atomic mass is 10.4. The highest BCUT2D eigenvalue weighted by atomic mass is 35.5. The molecule has 0 spiro atoms. The second kappa shape index (κ2) is 9.39. The van der Waals surface area contributed by atoms with Gasteiger partial charge < -0.3 is 15.2 Å². The van der Waals surface area contributed by atoms with Gasteiger partial charge >= 0.3 is 6.18 Å². The van der Waals surface area contributed by atoms with E-state index in [0.29, 0.717) is 35.8 Å². The van der Waals surface area contributed by atoms with Gasteiger partial charge in [-0.05, 0) is 20.0 Å². The van der Waals surface area contributed by atoms with Crippen molar-refractivity contribution in [3.8, 4) is 0 Å². The van der Waals surface area contributed by atoms with E-state index in [2.05, 4.69) is 15.6 Å². The van der Waals surface area contributed by atoms with Gasteiger partial charge in [0.15, 0.2) is 5.96 Å². The molecule has 1 heterocycles. The standard InChI is InChI=1S/C14H22Cl2F3N5/c1-4-20-13(21-5-6-23(2)9-14(17,18)19)22-8-10-7-11(15)12(16)24(10)3/h7H,4-6,8-9H2,1-3H3,(H2,20,21,22). The van der Waals surface area contributed by atoms with E-state index in [0.717, 1.165) is 5.69 Å². The van der Waals surface area contributed by atoms with Crippen LogP contribution < -0.4 is 10.6 Å². The van der Waals surface area contributed by atoms with Crippen molar-refractivity contribution in [2.24, 2.45) is 12.0 Å². The number of likely N-dealkylation sites (N-methyl/N-ethyl adjacent to an activating group) is 1. The van der Waals surface area contributed by atoms with E-state index in [-0.39, 0.29) is 6.54 Å². The van der Waals surface area contributed by atoms with Crippen LogP contribution in [0.15, 0.2) is 11.1 Å². The van der Waals surface area contributed by atoms with Gasteiger partial charge in [-0.3, -0.25) is 4.90 Å². The summed E-state index contributed by atoms with van der Waals surface area (Å²) in [6, 6.07) is 1.73. The summed E-state index contributed by atoms with van der Waals surface area (Å²) >= 11 is 12.0. The van der Waals surface area contributed by atoms with Crippen molar-refractivity contribution in [3.05, 3.63) is 21.9 Å². The molecule has 0 radical (unpaired) electrons. The number of hydrogen-bond acceptors (Lipinski definition) is 2. The van der Waals surface area contributed by atoms with Crippen molar-refractivity contribution in [2.45, 2.75) is 19.6 Å². The zero-order valence-corrected chi connectivity index (χ0v) is 15.4. The van der Waals surface area contributed by atoms with E-state index in [4.69, 9.17) is 23.2 Å². The highest BCUT2D eigenvalue weighted by molar-refractivity contribution is 6.41. The van der Waals surface area contributed by atoms with Crippen LogP contribution in [0.3, 0.4) is 0 Å². The number of alkyl halides is 3. The molecule has 0 saturated carbocycles. The Hall–Kier alpha value is -1.12. The third kappa shape index (κ3) is 7.19. The first-order valence-electron chi connectivity index (χ1n) is 7.41. The molecule has 0 aliphatic carbocycles. The van der Waals surface area contributed by atoms with E-state index >= 15 is 0 Å². The van der Waals surface area contributed by atoms with Gasteiger partial charge in [0.1, 0.15) is 5.15 Å². The zero-order valence-electron chi connectivity index (χ0n) is 13.8. The summed E-state index contributed by atoms with van der Waals surface area (Å²) < 4.78 is 38.5. The van der Waals surface area contributed by atoms with Crippen LogP contribution in [0.4, 0.5) is 13.2 Å². The normalized spacial score (nSPS) is 12.8. The molecule has 2 N–H and O–H groups in total. The van der Waals surface area contributed by atoms with Crippen LogP contribution in [0.5, 0.6) is 0 Å². The molecule has 24 heavy (non-hydrogen) atoms. The van der Waals surface area contributed by atoms with Crippen LogP contribution in [0.2, 0.25) is 10.2 Å². The molecule has 0 amide bonds. The molecule has 1 rings (SSSR count). The third-order valence-electron chi connectivity index (χ3n) is 3.19. The molecular formula is C14H22Cl2F3N5. The molecule has 0 saturated heterocycles. The van der Waals surface area contributed by atoms with Gasteiger partial charge in [0.25, 0.3) is 0 Å². The quantitative estimate of drug-likeness (QED) is 0.558. The Morgan fingerprint density at radius 2 is 2.00 bits per heavy atom. The summed E-state index contributed by atoms with van der Waals surface area (Å²) in [6.07, 6.45) is -4.20. The molecule has 0 fully saturated rings. The van der Waals surface area contributed by atoms with Gasteiger partial charge in [-0.25, -0.2) is 4.99 Å². The lowest BCUT2D eigenvalue weighted by Crippen LogP contribution is -2.42. The minimum atomic E-state index is -4.20. The monoisotopic (exact) mass is 387 g/mol. The molecule has 0 bridgehead atoms. The van der Waals surface area contributed by atoms with Crippen molar-refractivity contribution in [1.82, 2.24) is 20.1 Å². The van der Waals surface area contributed by atoms with Crippen LogP contribution in [0.25, 0.3) is 0 Å². The number of hydrogen-bond donors (Lipinski definition) is 2. The molecule has 0 aromatic carbocycles. The number of rotatable bonds is 7. The molecule has 10 heteroatoms. The molecule has 1 aromatic heterocycles. The van der Waals surface area contributed by atoms with Gasteiger partial charge in [0, 0.05) is 32.4 Å². The average molecular weight is 388 g/mol. The Kier molecular flexibility index (Phi) is 8.18. The number of aromatic nitrogens is 1. The molecular weight excluding hydrogens is 366 g/mol. The van der Waals surface area contributed by atoms with E-state index in [1.54, 1.807) is 17.7 Å². The van der Waals surface area contributed by atoms with Crippen molar-refractivity contribution >= 4 is 29.2 Å². The zero-order chi connectivity index (χ0) is 18.3. The minimum absolute atomic E-state index is 0.242. The Balaban J connectivity index is 2.55. The average Bonchev–Trinajstić information content (AvgIpc) is 2.70. The van der Waals surface area contributed by atoms with E-state index in [1.807, 2.05) is 6.92 Å². The first kappa shape index (κ1) is 20.9. The molecule has 0 atom stereocenters. The van der Waals surface area contributed by atoms with Crippen LogP contribution >= 0.6 is 23.2 Å². The maximum absolute atomic E-state index is 12.3. The summed E-state index contributed by atoms with van der Waals surface area (Å²) in [5, 5.41) is 6.93. The van der Waals surface area contributed by atoms with Crippen LogP contribution in [0, 0.1) is 0 Å². The molecule has 0 aliphatic rings. The summed E-state index contributed by atoms with van der Waals surface area (Å²) in [5.74, 6) is 0.520. The largest absolute Gasteiger partial charge is 0.401 e. The smallest absolute Gasteiger partial charge is 0.357 e. The fraction of sp³-hybridized carbons (Fsp3) is 0.643. The summed E-state index contributed by atoms with van der Waals surface area (Å²) in [7, 11) is 3.21. The van der Waals surface area contributed by atoms with Crippen molar-refractivity contribution < 1.29 is 13.2 Å². The highest BCUT2D eigenvalue weighted by Gasteiger charge is 2.28. The van der Waals surface area contributed by atoms with Gasteiger partial charge in [-0.2, -0.15) is 13.2 Å². The first-order valence-corrected chi connectivity index (χ1v) is 8.16. The number of guanidine groups is 1. The molecule has 138 valence electrons. The Morgan fingerprint density at radius 1 is 1.33 bits per heavy atom. The maximum Gasteiger partial charge on any atom is 0.401 e. The fourth-order valence-electron chi connectivity index (χ4n) is 1.99. The van der Waals surface area contributed by atoms with Crippen LogP contribution in [-0.4, -0.2) is 54.8 Å². The van der Waals surface area contributed by atoms with Gasteiger partial charge in [0.2, 0.25) is 0 Å². The summed E-state index contributed by atoms with van der Waals surface area (Å²) in [6.45, 7) is 2.53. The predicted molar refractivity (Wildman–Crippen MR) is 91.8 cm³/mol. The van der Waals surface area contributed by atoms with Crippen molar-refractivity contribution in [1.29, 1.82) is 0 Å². The number of aliphatic imine (C=N–C) groups is 1. The fourth-order valence-corrected chi connectivity index (χ4v) is 2.41. The Bertz CT molecular complexity index is 557. The Labute approximate surface area is 149 Å². The van der Waals surface area contributed by atoms with Crippen molar-refractivity contribution in [2.75, 3.05) is 33.2 Å². The summed E-state index contributed by atoms with van der Waals surface area (Å²) in [4.78, 5) is 5.59. The van der Waals surface area contributed by atoms with E-state index in [1.165, 1.54) is 11.9 Å². The van der Waals surface area contributed by atoms with Gasteiger partial charge in [-0.15, -0.1) is 0 Å². The minimum Gasteiger partial charge on any atom is -0.357 e. The number of nitrogens with one attached hydrogen (secondary N) is 2. The van der Waals surface area contributed by atoms with E-state index < -0.39 is 12.7 Å². The third-order valence-corrected chi connectivity index (χ3v) is 4.04. The topological polar surface area (TPSA) is 44.6 Å². The lowest BCUT2D eigenvalue weighted by molar-refractivity contribution is -0.142. The number of nitrogens with zero attached hydrogens (tertiary/aromatic N) is 3. The van der Waals surface area contributed by atoms with E-state index in [9.17, 15) is 13.2 Å². The Morgan fingerprint density at radius 3 is 2.50 bits per heavy atom. The lowest BCUT2D eigenvalue weighted by Gasteiger charge is -2.19. The molecule has 5 nitrogen and oxygen atoms in total. The first-order chi connectivity index (χ1) is 11.1. The maximum atomic E-state index is 12.3. The summed E-state index contributed by atoms with van der Waals surface area (Å²) in [5.41, 5.74) is 0.830. The molecule has 1 aromatic rings. The molecule has 0 aliphatic heterocycles. The van der Waals surface area contributed by atoms with Crippen LogP contribution in [-0.2, 0) is 13.6 Å². The molecule has 0 unspecified atom stereocenters. The van der Waals surface area contributed by atoms with Crippen molar-refractivity contribution in [3.63, 3.8) is 0 Å². The van der Waals surface area contributed by atoms with Gasteiger partial charge in [-0.1, -0.05) is 23.2 Å². The van der Waals surface area contributed by atoms with Gasteiger partial charge in [0.05, 0.1) is 18.1 Å². The van der Waals surface area contributed by atoms with Crippen LogP contribution in [0.1, 0.15) is 12.6 Å². The highest BCUT2D eigenvalue weighted by Crippen LogP contribution is 2.25. The SMILES string of the molecule is CCNC(=NCc1cc(Cl)c(Cl)n1C)NCCN(C)CC(F)(F)F. The second-order valence-corrected chi connectivity index (χ2v) is 6.07. The second-order valence-electron chi connectivity index (χ2n) is 5.31. The predicted octanol–water partition coefficient (Wildman–Crippen LogP) is 2.88. The number of halogens is 5.